The SMILES string of the molecule is CCn1c(=O)n(C)c(=O)c2c1nc(/C=[CH]/[AlH2])n2C. The van der Waals surface area contributed by atoms with Crippen LogP contribution >= 0.6 is 0 Å². The van der Waals surface area contributed by atoms with Crippen LogP contribution in [0.5, 0.6) is 0 Å². The van der Waals surface area contributed by atoms with Crippen LogP contribution in [0.3, 0.4) is 0 Å². The minimum Gasteiger partial charge on any atom is -0.322 e. The fourth-order valence-electron chi connectivity index (χ4n) is 2.03. The maximum absolute atomic E-state index is 12.1. The van der Waals surface area contributed by atoms with E-state index in [2.05, 4.69) is 4.98 Å². The lowest BCUT2D eigenvalue weighted by atomic mass is 10.5. The van der Waals surface area contributed by atoms with Crippen LogP contribution in [0, 0.1) is 0 Å². The Bertz CT molecular complexity index is 751. The van der Waals surface area contributed by atoms with E-state index < -0.39 is 0 Å². The highest BCUT2D eigenvalue weighted by Gasteiger charge is 2.16. The molecular formula is C11H15AlN4O2. The molecule has 2 rings (SSSR count). The first-order valence-electron chi connectivity index (χ1n) is 5.81. The maximum atomic E-state index is 12.1. The summed E-state index contributed by atoms with van der Waals surface area (Å²) >= 11 is 0.920. The third kappa shape index (κ3) is 1.67. The van der Waals surface area contributed by atoms with E-state index in [0.717, 1.165) is 20.9 Å². The molecule has 0 spiro atoms. The van der Waals surface area contributed by atoms with Crippen LogP contribution in [0.2, 0.25) is 0 Å². The molecule has 0 aliphatic rings. The van der Waals surface area contributed by atoms with Gasteiger partial charge in [0, 0.05) is 20.6 Å². The Morgan fingerprint density at radius 3 is 2.50 bits per heavy atom. The average Bonchev–Trinajstić information content (AvgIpc) is 2.66. The number of hydrogen-bond donors (Lipinski definition) is 0. The van der Waals surface area contributed by atoms with Gasteiger partial charge in [-0.1, -0.05) is 0 Å². The Labute approximate surface area is 112 Å². The molecule has 94 valence electrons. The Balaban J connectivity index is 3.07. The molecule has 2 heterocycles. The summed E-state index contributed by atoms with van der Waals surface area (Å²) in [5.74, 6) is 0.699. The van der Waals surface area contributed by atoms with Gasteiger partial charge in [0.05, 0.1) is 0 Å². The number of imidazole rings is 1. The average molecular weight is 262 g/mol. The predicted octanol–water partition coefficient (Wildman–Crippen LogP) is -0.943. The minimum absolute atomic E-state index is 0.303. The van der Waals surface area contributed by atoms with E-state index in [1.165, 1.54) is 11.6 Å². The van der Waals surface area contributed by atoms with Crippen molar-refractivity contribution in [3.05, 3.63) is 31.6 Å². The van der Waals surface area contributed by atoms with Crippen LogP contribution in [-0.2, 0) is 20.6 Å². The number of rotatable bonds is 2. The van der Waals surface area contributed by atoms with E-state index in [9.17, 15) is 9.59 Å². The van der Waals surface area contributed by atoms with E-state index >= 15 is 0 Å². The van der Waals surface area contributed by atoms with Gasteiger partial charge in [0.2, 0.25) is 16.3 Å². The molecule has 7 heteroatoms. The summed E-state index contributed by atoms with van der Waals surface area (Å²) < 4.78 is 4.38. The van der Waals surface area contributed by atoms with Crippen LogP contribution < -0.4 is 11.2 Å². The third-order valence-electron chi connectivity index (χ3n) is 3.02. The maximum Gasteiger partial charge on any atom is 0.332 e. The van der Waals surface area contributed by atoms with Gasteiger partial charge in [-0.2, -0.15) is 4.94 Å². The second-order valence-corrected chi connectivity index (χ2v) is 4.76. The molecule has 0 aliphatic heterocycles. The van der Waals surface area contributed by atoms with Crippen LogP contribution in [0.25, 0.3) is 17.2 Å². The molecule has 0 fully saturated rings. The van der Waals surface area contributed by atoms with Crippen molar-refractivity contribution in [2.75, 3.05) is 0 Å². The normalized spacial score (nSPS) is 11.7. The molecule has 18 heavy (non-hydrogen) atoms. The van der Waals surface area contributed by atoms with Gasteiger partial charge in [-0.15, -0.1) is 0 Å². The zero-order valence-electron chi connectivity index (χ0n) is 11.0. The molecule has 2 aromatic heterocycles. The number of aryl methyl sites for hydroxylation is 2. The first-order valence-corrected chi connectivity index (χ1v) is 6.97. The van der Waals surface area contributed by atoms with Gasteiger partial charge in [0.15, 0.2) is 11.2 Å². The van der Waals surface area contributed by atoms with Gasteiger partial charge in [-0.05, 0) is 13.0 Å². The summed E-state index contributed by atoms with van der Waals surface area (Å²) in [5.41, 5.74) is 0.300. The number of aromatic nitrogens is 4. The summed E-state index contributed by atoms with van der Waals surface area (Å²) in [6.07, 6.45) is 1.87. The van der Waals surface area contributed by atoms with Crippen LogP contribution in [0.15, 0.2) is 14.5 Å². The van der Waals surface area contributed by atoms with E-state index in [4.69, 9.17) is 0 Å². The van der Waals surface area contributed by atoms with Crippen LogP contribution in [0.1, 0.15) is 12.7 Å². The number of hydrogen-bond acceptors (Lipinski definition) is 3. The van der Waals surface area contributed by atoms with E-state index in [1.807, 2.05) is 17.9 Å². The molecule has 6 nitrogen and oxygen atoms in total. The first-order chi connectivity index (χ1) is 8.52. The predicted molar refractivity (Wildman–Crippen MR) is 73.5 cm³/mol. The highest BCUT2D eigenvalue weighted by Crippen LogP contribution is 2.10. The quantitative estimate of drug-likeness (QED) is 0.656. The van der Waals surface area contributed by atoms with Crippen molar-refractivity contribution < 1.29 is 0 Å². The molecule has 0 saturated heterocycles. The largest absolute Gasteiger partial charge is 0.332 e. The van der Waals surface area contributed by atoms with Gasteiger partial charge in [0.1, 0.15) is 5.82 Å². The lowest BCUT2D eigenvalue weighted by Crippen LogP contribution is -2.38. The second-order valence-electron chi connectivity index (χ2n) is 4.09. The van der Waals surface area contributed by atoms with Crippen molar-refractivity contribution in [2.24, 2.45) is 14.1 Å². The van der Waals surface area contributed by atoms with E-state index in [-0.39, 0.29) is 11.2 Å². The fraction of sp³-hybridized carbons (Fsp3) is 0.364. The first kappa shape index (κ1) is 12.9. The van der Waals surface area contributed by atoms with Crippen LogP contribution in [0.4, 0.5) is 0 Å². The Morgan fingerprint density at radius 2 is 1.94 bits per heavy atom. The van der Waals surface area contributed by atoms with Crippen LogP contribution in [-0.4, -0.2) is 35.0 Å². The Hall–Kier alpha value is -1.58. The Morgan fingerprint density at radius 1 is 1.28 bits per heavy atom. The Kier molecular flexibility index (Phi) is 3.29. The highest BCUT2D eigenvalue weighted by molar-refractivity contribution is 6.19. The molecule has 0 atom stereocenters. The standard InChI is InChI=1S/C11H13N4O2.Al.2H/c1-5-7-12-9-8(13(7)3)10(16)14(4)11(17)15(9)6-2;;;/h1,5H,6H2,2-4H3;;;. The summed E-state index contributed by atoms with van der Waals surface area (Å²) in [6, 6.07) is 0. The molecule has 0 amide bonds. The molecule has 0 aromatic carbocycles. The molecule has 0 radical (unpaired) electrons. The van der Waals surface area contributed by atoms with Crippen molar-refractivity contribution >= 4 is 33.5 Å². The molecule has 2 aromatic rings. The molecule has 0 saturated carbocycles. The molecule has 0 bridgehead atoms. The van der Waals surface area contributed by atoms with Crippen molar-refractivity contribution in [3.63, 3.8) is 0 Å². The zero-order valence-corrected chi connectivity index (χ0v) is 13.0. The van der Waals surface area contributed by atoms with Gasteiger partial charge < -0.3 is 4.57 Å². The summed E-state index contributed by atoms with van der Waals surface area (Å²) in [4.78, 5) is 30.5. The molecule has 0 unspecified atom stereocenters. The smallest absolute Gasteiger partial charge is 0.322 e. The minimum atomic E-state index is -0.325. The molecular weight excluding hydrogens is 247 g/mol. The summed E-state index contributed by atoms with van der Waals surface area (Å²) in [7, 11) is 3.28. The van der Waals surface area contributed by atoms with Crippen molar-refractivity contribution in [2.45, 2.75) is 13.5 Å². The second kappa shape index (κ2) is 4.60. The van der Waals surface area contributed by atoms with E-state index in [0.29, 0.717) is 23.5 Å². The third-order valence-corrected chi connectivity index (χ3v) is 3.36. The lowest BCUT2D eigenvalue weighted by molar-refractivity contribution is 0.651. The van der Waals surface area contributed by atoms with Gasteiger partial charge in [-0.25, -0.2) is 9.78 Å². The van der Waals surface area contributed by atoms with Gasteiger partial charge in [0.25, 0.3) is 5.56 Å². The number of fused-ring (bicyclic) bond motifs is 1. The topological polar surface area (TPSA) is 61.8 Å². The summed E-state index contributed by atoms with van der Waals surface area (Å²) in [5, 5.41) is 0. The molecule has 0 aliphatic carbocycles. The zero-order chi connectivity index (χ0) is 13.4. The van der Waals surface area contributed by atoms with Crippen molar-refractivity contribution in [3.8, 4) is 0 Å². The highest BCUT2D eigenvalue weighted by atomic mass is 27.0. The molecule has 0 N–H and O–H groups in total. The monoisotopic (exact) mass is 262 g/mol. The van der Waals surface area contributed by atoms with Crippen molar-refractivity contribution in [1.29, 1.82) is 0 Å². The van der Waals surface area contributed by atoms with Crippen molar-refractivity contribution in [1.82, 2.24) is 18.7 Å². The number of nitrogens with zero attached hydrogens (tertiary/aromatic N) is 4. The fourth-order valence-corrected chi connectivity index (χ4v) is 2.33. The van der Waals surface area contributed by atoms with Gasteiger partial charge >= 0.3 is 5.69 Å². The van der Waals surface area contributed by atoms with E-state index in [1.54, 1.807) is 11.6 Å². The summed E-state index contributed by atoms with van der Waals surface area (Å²) in [6.45, 7) is 2.35. The lowest BCUT2D eigenvalue weighted by Gasteiger charge is -2.05. The van der Waals surface area contributed by atoms with Gasteiger partial charge in [-0.3, -0.25) is 13.9 Å².